The Bertz CT molecular complexity index is 559. The predicted molar refractivity (Wildman–Crippen MR) is 86.3 cm³/mol. The van der Waals surface area contributed by atoms with Crippen LogP contribution in [0.2, 0.25) is 0 Å². The van der Waals surface area contributed by atoms with Gasteiger partial charge in [0.2, 0.25) is 0 Å². The van der Waals surface area contributed by atoms with E-state index in [-0.39, 0.29) is 16.9 Å². The molecule has 124 valence electrons. The second kappa shape index (κ2) is 7.57. The van der Waals surface area contributed by atoms with Gasteiger partial charge < -0.3 is 4.74 Å². The zero-order chi connectivity index (χ0) is 16.1. The third-order valence-corrected chi connectivity index (χ3v) is 5.60. The highest BCUT2D eigenvalue weighted by atomic mass is 32.2. The number of unbranched alkanes of at least 4 members (excludes halogenated alkanes) is 1. The van der Waals surface area contributed by atoms with E-state index in [1.54, 1.807) is 24.3 Å². The molecule has 2 rings (SSSR count). The van der Waals surface area contributed by atoms with Crippen molar-refractivity contribution >= 4 is 10.1 Å². The Morgan fingerprint density at radius 1 is 1.14 bits per heavy atom. The van der Waals surface area contributed by atoms with Gasteiger partial charge in [0.05, 0.1) is 24.7 Å². The molecule has 1 aliphatic heterocycles. The number of rotatable bonds is 9. The highest BCUT2D eigenvalue weighted by Crippen LogP contribution is 2.38. The standard InChI is InChI=1S/C17H26O4S/c1-3-4-10-17(13-20-14-17)11-5-12-21-22(18,19)16-8-6-15(2)7-9-16/h6-9H,3-5,10-14H2,1-2H3. The minimum atomic E-state index is -3.63. The van der Waals surface area contributed by atoms with Crippen LogP contribution in [0.5, 0.6) is 0 Å². The summed E-state index contributed by atoms with van der Waals surface area (Å²) in [5.41, 5.74) is 1.29. The number of hydrogen-bond donors (Lipinski definition) is 0. The summed E-state index contributed by atoms with van der Waals surface area (Å²) in [7, 11) is -3.63. The maximum Gasteiger partial charge on any atom is 0.296 e. The van der Waals surface area contributed by atoms with Gasteiger partial charge in [-0.1, -0.05) is 37.5 Å². The summed E-state index contributed by atoms with van der Waals surface area (Å²) in [5.74, 6) is 0. The largest absolute Gasteiger partial charge is 0.380 e. The van der Waals surface area contributed by atoms with Gasteiger partial charge in [-0.25, -0.2) is 0 Å². The molecule has 1 heterocycles. The minimum Gasteiger partial charge on any atom is -0.380 e. The third-order valence-electron chi connectivity index (χ3n) is 4.28. The van der Waals surface area contributed by atoms with Crippen LogP contribution < -0.4 is 0 Å². The molecule has 0 atom stereocenters. The van der Waals surface area contributed by atoms with Gasteiger partial charge in [-0.2, -0.15) is 8.42 Å². The lowest BCUT2D eigenvalue weighted by Crippen LogP contribution is -2.42. The van der Waals surface area contributed by atoms with Crippen LogP contribution in [-0.2, 0) is 19.0 Å². The fourth-order valence-electron chi connectivity index (χ4n) is 2.74. The van der Waals surface area contributed by atoms with E-state index in [0.717, 1.165) is 38.0 Å². The first-order valence-electron chi connectivity index (χ1n) is 8.01. The molecule has 0 bridgehead atoms. The lowest BCUT2D eigenvalue weighted by Gasteiger charge is -2.42. The molecule has 5 heteroatoms. The Balaban J connectivity index is 1.79. The highest BCUT2D eigenvalue weighted by molar-refractivity contribution is 7.86. The van der Waals surface area contributed by atoms with Crippen LogP contribution in [0.25, 0.3) is 0 Å². The maximum atomic E-state index is 12.1. The molecular weight excluding hydrogens is 300 g/mol. The molecule has 1 aromatic carbocycles. The molecule has 0 amide bonds. The number of hydrogen-bond acceptors (Lipinski definition) is 4. The Labute approximate surface area is 134 Å². The van der Waals surface area contributed by atoms with Crippen molar-refractivity contribution in [3.63, 3.8) is 0 Å². The van der Waals surface area contributed by atoms with Crippen molar-refractivity contribution in [2.24, 2.45) is 5.41 Å². The van der Waals surface area contributed by atoms with E-state index in [1.165, 1.54) is 12.8 Å². The van der Waals surface area contributed by atoms with E-state index >= 15 is 0 Å². The van der Waals surface area contributed by atoms with Crippen LogP contribution in [0.4, 0.5) is 0 Å². The van der Waals surface area contributed by atoms with Crippen molar-refractivity contribution in [2.45, 2.75) is 50.8 Å². The first-order valence-corrected chi connectivity index (χ1v) is 9.42. The second-order valence-corrected chi connectivity index (χ2v) is 7.90. The molecule has 1 aliphatic rings. The van der Waals surface area contributed by atoms with Crippen molar-refractivity contribution < 1.29 is 17.3 Å². The predicted octanol–water partition coefficient (Wildman–Crippen LogP) is 3.69. The topological polar surface area (TPSA) is 52.6 Å². The van der Waals surface area contributed by atoms with E-state index in [9.17, 15) is 8.42 Å². The molecule has 0 radical (unpaired) electrons. The monoisotopic (exact) mass is 326 g/mol. The zero-order valence-corrected chi connectivity index (χ0v) is 14.3. The van der Waals surface area contributed by atoms with Crippen molar-refractivity contribution in [2.75, 3.05) is 19.8 Å². The molecule has 0 N–H and O–H groups in total. The van der Waals surface area contributed by atoms with Crippen LogP contribution in [0.3, 0.4) is 0 Å². The van der Waals surface area contributed by atoms with Gasteiger partial charge in [0.25, 0.3) is 10.1 Å². The molecule has 0 aliphatic carbocycles. The van der Waals surface area contributed by atoms with Gasteiger partial charge in [-0.3, -0.25) is 4.18 Å². The smallest absolute Gasteiger partial charge is 0.296 e. The quantitative estimate of drug-likeness (QED) is 0.513. The van der Waals surface area contributed by atoms with E-state index < -0.39 is 10.1 Å². The summed E-state index contributed by atoms with van der Waals surface area (Å²) in [6.07, 6.45) is 5.26. The summed E-state index contributed by atoms with van der Waals surface area (Å²) in [6.45, 7) is 5.96. The molecule has 1 fully saturated rings. The Morgan fingerprint density at radius 2 is 1.77 bits per heavy atom. The van der Waals surface area contributed by atoms with Gasteiger partial charge in [-0.05, 0) is 38.3 Å². The number of benzene rings is 1. The molecule has 0 aromatic heterocycles. The van der Waals surface area contributed by atoms with E-state index in [0.29, 0.717) is 0 Å². The van der Waals surface area contributed by atoms with Crippen LogP contribution in [0.1, 0.15) is 44.6 Å². The van der Waals surface area contributed by atoms with Crippen LogP contribution in [0, 0.1) is 12.3 Å². The Morgan fingerprint density at radius 3 is 2.32 bits per heavy atom. The van der Waals surface area contributed by atoms with Gasteiger partial charge in [0.1, 0.15) is 0 Å². The summed E-state index contributed by atoms with van der Waals surface area (Å²) in [6, 6.07) is 6.74. The van der Waals surface area contributed by atoms with Gasteiger partial charge in [-0.15, -0.1) is 0 Å². The van der Waals surface area contributed by atoms with Crippen molar-refractivity contribution in [1.29, 1.82) is 0 Å². The SMILES string of the molecule is CCCCC1(CCCOS(=O)(=O)c2ccc(C)cc2)COC1. The van der Waals surface area contributed by atoms with Gasteiger partial charge in [0.15, 0.2) is 0 Å². The van der Waals surface area contributed by atoms with Crippen molar-refractivity contribution in [1.82, 2.24) is 0 Å². The molecule has 4 nitrogen and oxygen atoms in total. The van der Waals surface area contributed by atoms with Crippen LogP contribution in [-0.4, -0.2) is 28.2 Å². The summed E-state index contributed by atoms with van der Waals surface area (Å²) in [5, 5.41) is 0. The minimum absolute atomic E-state index is 0.228. The zero-order valence-electron chi connectivity index (χ0n) is 13.5. The summed E-state index contributed by atoms with van der Waals surface area (Å²) < 4.78 is 34.7. The summed E-state index contributed by atoms with van der Waals surface area (Å²) in [4.78, 5) is 0.228. The molecule has 0 saturated carbocycles. The maximum absolute atomic E-state index is 12.1. The fraction of sp³-hybridized carbons (Fsp3) is 0.647. The molecule has 1 saturated heterocycles. The molecular formula is C17H26O4S. The number of aryl methyl sites for hydroxylation is 1. The molecule has 0 spiro atoms. The van der Waals surface area contributed by atoms with E-state index in [2.05, 4.69) is 6.92 Å². The van der Waals surface area contributed by atoms with E-state index in [1.807, 2.05) is 6.92 Å². The first kappa shape index (κ1) is 17.4. The van der Waals surface area contributed by atoms with Crippen LogP contribution in [0.15, 0.2) is 29.2 Å². The highest BCUT2D eigenvalue weighted by Gasteiger charge is 2.37. The fourth-order valence-corrected chi connectivity index (χ4v) is 3.69. The third kappa shape index (κ3) is 4.54. The van der Waals surface area contributed by atoms with Gasteiger partial charge in [0, 0.05) is 5.41 Å². The lowest BCUT2D eigenvalue weighted by atomic mass is 9.77. The molecule has 1 aromatic rings. The molecule has 22 heavy (non-hydrogen) atoms. The first-order chi connectivity index (χ1) is 10.5. The average Bonchev–Trinajstić information content (AvgIpc) is 2.45. The lowest BCUT2D eigenvalue weighted by molar-refractivity contribution is -0.124. The van der Waals surface area contributed by atoms with Crippen LogP contribution >= 0.6 is 0 Å². The van der Waals surface area contributed by atoms with E-state index in [4.69, 9.17) is 8.92 Å². The molecule has 0 unspecified atom stereocenters. The van der Waals surface area contributed by atoms with Gasteiger partial charge >= 0.3 is 0 Å². The normalized spacial score (nSPS) is 17.2. The Hall–Kier alpha value is -0.910. The average molecular weight is 326 g/mol. The number of ether oxygens (including phenoxy) is 1. The Kier molecular flexibility index (Phi) is 6.01. The summed E-state index contributed by atoms with van der Waals surface area (Å²) >= 11 is 0. The second-order valence-electron chi connectivity index (χ2n) is 6.29. The van der Waals surface area contributed by atoms with Crippen molar-refractivity contribution in [3.8, 4) is 0 Å². The van der Waals surface area contributed by atoms with Crippen molar-refractivity contribution in [3.05, 3.63) is 29.8 Å².